The van der Waals surface area contributed by atoms with E-state index in [0.717, 1.165) is 11.7 Å². The topological polar surface area (TPSA) is 112 Å². The van der Waals surface area contributed by atoms with Gasteiger partial charge in [-0.2, -0.15) is 0 Å². The first-order valence-electron chi connectivity index (χ1n) is 16.2. The van der Waals surface area contributed by atoms with Crippen molar-refractivity contribution in [3.63, 3.8) is 0 Å². The number of hydrogen-bond acceptors (Lipinski definition) is 8. The third-order valence-corrected chi connectivity index (χ3v) is 19.9. The minimum Gasteiger partial charge on any atom is -0.408 e. The number of hydrogen-bond donors (Lipinski definition) is 2. The lowest BCUT2D eigenvalue weighted by atomic mass is 9.95. The maximum Gasteiger partial charge on any atom is 0.252 e. The van der Waals surface area contributed by atoms with E-state index in [1.165, 1.54) is 25.7 Å². The molecule has 0 aromatic carbocycles. The summed E-state index contributed by atoms with van der Waals surface area (Å²) in [5.74, 6) is 2.09. The third-order valence-electron chi connectivity index (χ3n) is 11.0. The zero-order valence-corrected chi connectivity index (χ0v) is 30.2. The minimum absolute atomic E-state index is 0.0558. The van der Waals surface area contributed by atoms with Crippen molar-refractivity contribution in [1.29, 1.82) is 0 Å². The van der Waals surface area contributed by atoms with Gasteiger partial charge in [0.2, 0.25) is 0 Å². The van der Waals surface area contributed by atoms with Crippen LogP contribution >= 0.6 is 0 Å². The fourth-order valence-electron chi connectivity index (χ4n) is 6.38. The van der Waals surface area contributed by atoms with Crippen molar-refractivity contribution in [3.05, 3.63) is 12.7 Å². The lowest BCUT2D eigenvalue weighted by molar-refractivity contribution is -0.137. The summed E-state index contributed by atoms with van der Waals surface area (Å²) in [7, 11) is -4.67. The minimum atomic E-state index is -2.34. The molecule has 3 fully saturated rings. The van der Waals surface area contributed by atoms with Crippen molar-refractivity contribution in [2.45, 2.75) is 141 Å². The predicted octanol–water partition coefficient (Wildman–Crippen LogP) is 6.24. The summed E-state index contributed by atoms with van der Waals surface area (Å²) < 4.78 is 22.9. The zero-order valence-electron chi connectivity index (χ0n) is 28.2. The Labute approximate surface area is 259 Å². The average molecular weight is 631 g/mol. The number of fused-ring (bicyclic) bond motifs is 3. The van der Waals surface area contributed by atoms with Crippen molar-refractivity contribution >= 4 is 39.5 Å². The first kappa shape index (κ1) is 32.5. The second kappa shape index (κ2) is 11.5. The smallest absolute Gasteiger partial charge is 0.252 e. The highest BCUT2D eigenvalue weighted by molar-refractivity contribution is 6.74. The van der Waals surface area contributed by atoms with Crippen molar-refractivity contribution in [3.8, 4) is 0 Å². The first-order valence-corrected chi connectivity index (χ1v) is 22.0. The Bertz CT molecular complexity index is 1320. The lowest BCUT2D eigenvalue weighted by Crippen LogP contribution is -2.55. The molecule has 5 unspecified atom stereocenters. The van der Waals surface area contributed by atoms with E-state index in [1.807, 2.05) is 11.5 Å². The van der Waals surface area contributed by atoms with Gasteiger partial charge in [-0.25, -0.2) is 15.0 Å². The summed E-state index contributed by atoms with van der Waals surface area (Å²) in [4.78, 5) is 27.7. The van der Waals surface area contributed by atoms with Gasteiger partial charge in [-0.1, -0.05) is 48.0 Å². The fraction of sp³-hybridized carbons (Fsp3) is 0.806. The van der Waals surface area contributed by atoms with E-state index in [-0.39, 0.29) is 16.0 Å². The van der Waals surface area contributed by atoms with Gasteiger partial charge in [0.25, 0.3) is 5.91 Å². The maximum absolute atomic E-state index is 13.6. The second-order valence-corrected chi connectivity index (χ2v) is 25.5. The van der Waals surface area contributed by atoms with Crippen LogP contribution in [0.4, 0.5) is 5.82 Å². The molecule has 2 bridgehead atoms. The Hall–Kier alpha value is -1.87. The SMILES string of the molecule is CCNC(=O)[C@H]1O[C@@H](n2cnc3c(NC4CC5CCC4C5)ncnc32)C(O[Si](C)(C)C(C)(C)C)C1O[Si](C)(C)C(C)(C)C. The van der Waals surface area contributed by atoms with Crippen LogP contribution in [-0.2, 0) is 18.4 Å². The summed E-state index contributed by atoms with van der Waals surface area (Å²) in [6.45, 7) is 24.6. The molecule has 0 radical (unpaired) electrons. The van der Waals surface area contributed by atoms with Gasteiger partial charge in [0, 0.05) is 12.6 Å². The van der Waals surface area contributed by atoms with Crippen LogP contribution in [0.25, 0.3) is 11.2 Å². The zero-order chi connectivity index (χ0) is 31.5. The highest BCUT2D eigenvalue weighted by Gasteiger charge is 2.56. The molecule has 2 N–H and O–H groups in total. The van der Waals surface area contributed by atoms with E-state index >= 15 is 0 Å². The standard InChI is InChI=1S/C31H54N6O4Si2/c1-12-32-28(38)24-23(40-42(8,9)30(2,3)4)25(41-43(10,11)31(5,6)7)29(39-24)37-18-35-22-26(33-17-34-27(22)37)36-21-16-19-13-14-20(21)15-19/h17-21,23-25,29H,12-16H2,1-11H3,(H,32,38)(H,33,34,36)/t19?,20?,21?,23?,24-,25?,29+/m0/s1. The number of carbonyl (C=O) groups excluding carboxylic acids is 1. The van der Waals surface area contributed by atoms with Crippen molar-refractivity contribution in [1.82, 2.24) is 24.8 Å². The van der Waals surface area contributed by atoms with Crippen LogP contribution in [0.5, 0.6) is 0 Å². The van der Waals surface area contributed by atoms with E-state index in [1.54, 1.807) is 12.7 Å². The van der Waals surface area contributed by atoms with Gasteiger partial charge in [-0.3, -0.25) is 9.36 Å². The normalized spacial score (nSPS) is 29.9. The quantitative estimate of drug-likeness (QED) is 0.313. The van der Waals surface area contributed by atoms with Crippen LogP contribution in [0.3, 0.4) is 0 Å². The van der Waals surface area contributed by atoms with Gasteiger partial charge >= 0.3 is 0 Å². The van der Waals surface area contributed by atoms with Crippen molar-refractivity contribution in [2.24, 2.45) is 11.8 Å². The third kappa shape index (κ3) is 6.19. The van der Waals surface area contributed by atoms with Gasteiger partial charge in [-0.15, -0.1) is 0 Å². The molecule has 12 heteroatoms. The molecule has 240 valence electrons. The second-order valence-electron chi connectivity index (χ2n) is 16.0. The van der Waals surface area contributed by atoms with Crippen LogP contribution in [0, 0.1) is 11.8 Å². The summed E-state index contributed by atoms with van der Waals surface area (Å²) >= 11 is 0. The molecule has 2 aromatic rings. The Morgan fingerprint density at radius 2 is 1.63 bits per heavy atom. The first-order chi connectivity index (χ1) is 19.9. The van der Waals surface area contributed by atoms with Gasteiger partial charge in [0.1, 0.15) is 18.5 Å². The number of nitrogens with one attached hydrogen (secondary N) is 2. The molecule has 5 rings (SSSR count). The highest BCUT2D eigenvalue weighted by atomic mass is 28.4. The molecule has 1 saturated heterocycles. The Morgan fingerprint density at radius 3 is 2.19 bits per heavy atom. The molecule has 2 aromatic heterocycles. The molecule has 2 saturated carbocycles. The maximum atomic E-state index is 13.6. The monoisotopic (exact) mass is 630 g/mol. The Morgan fingerprint density at radius 1 is 0.977 bits per heavy atom. The molecule has 0 spiro atoms. The summed E-state index contributed by atoms with van der Waals surface area (Å²) in [5.41, 5.74) is 1.38. The molecule has 7 atom stereocenters. The lowest BCUT2D eigenvalue weighted by Gasteiger charge is -2.44. The van der Waals surface area contributed by atoms with Gasteiger partial charge in [0.15, 0.2) is 45.9 Å². The summed E-state index contributed by atoms with van der Waals surface area (Å²) in [6.07, 6.45) is 5.88. The number of aromatic nitrogens is 4. The van der Waals surface area contributed by atoms with Crippen LogP contribution in [0.2, 0.25) is 36.3 Å². The fourth-order valence-corrected chi connectivity index (χ4v) is 8.95. The van der Waals surface area contributed by atoms with Crippen LogP contribution in [0.1, 0.15) is 80.4 Å². The van der Waals surface area contributed by atoms with Crippen molar-refractivity contribution < 1.29 is 18.4 Å². The van der Waals surface area contributed by atoms with Crippen molar-refractivity contribution in [2.75, 3.05) is 11.9 Å². The number of nitrogens with zero attached hydrogens (tertiary/aromatic N) is 4. The largest absolute Gasteiger partial charge is 0.408 e. The number of anilines is 1. The van der Waals surface area contributed by atoms with E-state index in [2.05, 4.69) is 88.3 Å². The Kier molecular flexibility index (Phi) is 8.69. The molecule has 3 aliphatic rings. The van der Waals surface area contributed by atoms with E-state index in [9.17, 15) is 4.79 Å². The van der Waals surface area contributed by atoms with E-state index in [4.69, 9.17) is 18.6 Å². The highest BCUT2D eigenvalue weighted by Crippen LogP contribution is 2.47. The Balaban J connectivity index is 1.56. The molecule has 10 nitrogen and oxygen atoms in total. The number of amides is 1. The van der Waals surface area contributed by atoms with Gasteiger partial charge in [0.05, 0.1) is 6.33 Å². The average Bonchev–Trinajstić information content (AvgIpc) is 3.67. The van der Waals surface area contributed by atoms with Crippen LogP contribution in [-0.4, -0.2) is 73.0 Å². The molecule has 2 aliphatic carbocycles. The summed E-state index contributed by atoms with van der Waals surface area (Å²) in [5, 5.41) is 6.58. The molecule has 1 amide bonds. The molecular weight excluding hydrogens is 577 g/mol. The number of rotatable bonds is 9. The van der Waals surface area contributed by atoms with Crippen LogP contribution in [0.15, 0.2) is 12.7 Å². The molecule has 43 heavy (non-hydrogen) atoms. The van der Waals surface area contributed by atoms with E-state index < -0.39 is 41.2 Å². The molecule has 3 heterocycles. The number of likely N-dealkylation sites (N-methyl/N-ethyl adjacent to an activating group) is 1. The predicted molar refractivity (Wildman–Crippen MR) is 175 cm³/mol. The van der Waals surface area contributed by atoms with E-state index in [0.29, 0.717) is 29.7 Å². The summed E-state index contributed by atoms with van der Waals surface area (Å²) in [6, 6.07) is 0.420. The van der Waals surface area contributed by atoms with Gasteiger partial charge < -0.3 is 24.2 Å². The number of imidazole rings is 1. The number of ether oxygens (including phenoxy) is 1. The van der Waals surface area contributed by atoms with Crippen LogP contribution < -0.4 is 10.6 Å². The number of carbonyl (C=O) groups is 1. The molecular formula is C31H54N6O4Si2. The van der Waals surface area contributed by atoms with Gasteiger partial charge in [-0.05, 0) is 74.3 Å². The molecule has 1 aliphatic heterocycles.